The zero-order valence-electron chi connectivity index (χ0n) is 17.1. The number of nitrogens with zero attached hydrogens (tertiary/aromatic N) is 2. The monoisotopic (exact) mass is 431 g/mol. The van der Waals surface area contributed by atoms with E-state index in [1.807, 2.05) is 43.3 Å². The Bertz CT molecular complexity index is 1160. The van der Waals surface area contributed by atoms with Crippen LogP contribution in [0.25, 0.3) is 10.4 Å². The fraction of sp³-hybridized carbons (Fsp3) is 0.208. The van der Waals surface area contributed by atoms with E-state index < -0.39 is 0 Å². The molecule has 0 atom stereocenters. The van der Waals surface area contributed by atoms with Crippen molar-refractivity contribution in [3.63, 3.8) is 0 Å². The Hall–Kier alpha value is -3.47. The van der Waals surface area contributed by atoms with Crippen LogP contribution < -0.4 is 5.32 Å². The smallest absolute Gasteiger partial charge is 0.257 e. The van der Waals surface area contributed by atoms with Gasteiger partial charge in [0.15, 0.2) is 0 Å². The van der Waals surface area contributed by atoms with E-state index in [1.54, 1.807) is 23.1 Å². The lowest BCUT2D eigenvalue weighted by Gasteiger charge is -2.27. The lowest BCUT2D eigenvalue weighted by Crippen LogP contribution is -2.41. The summed E-state index contributed by atoms with van der Waals surface area (Å²) in [6.07, 6.45) is 0. The molecular formula is C24H21N3O3S. The van der Waals surface area contributed by atoms with Gasteiger partial charge < -0.3 is 15.0 Å². The number of rotatable bonds is 4. The fourth-order valence-electron chi connectivity index (χ4n) is 3.55. The number of nitriles is 1. The second-order valence-electron chi connectivity index (χ2n) is 7.18. The van der Waals surface area contributed by atoms with Gasteiger partial charge in [-0.3, -0.25) is 9.59 Å². The summed E-state index contributed by atoms with van der Waals surface area (Å²) in [6.45, 7) is 3.96. The lowest BCUT2D eigenvalue weighted by molar-refractivity contribution is 0.0303. The molecule has 1 saturated heterocycles. The molecule has 6 nitrogen and oxygen atoms in total. The number of thiophene rings is 1. The Morgan fingerprint density at radius 3 is 2.55 bits per heavy atom. The first kappa shape index (κ1) is 20.8. The molecule has 4 rings (SSSR count). The third-order valence-corrected chi connectivity index (χ3v) is 6.43. The molecular weight excluding hydrogens is 410 g/mol. The zero-order chi connectivity index (χ0) is 21.8. The number of anilines is 1. The molecule has 0 unspecified atom stereocenters. The first-order valence-corrected chi connectivity index (χ1v) is 10.8. The molecule has 156 valence electrons. The van der Waals surface area contributed by atoms with E-state index >= 15 is 0 Å². The van der Waals surface area contributed by atoms with Gasteiger partial charge in [0, 0.05) is 23.5 Å². The minimum atomic E-state index is -0.353. The van der Waals surface area contributed by atoms with Gasteiger partial charge in [-0.05, 0) is 36.2 Å². The molecule has 31 heavy (non-hydrogen) atoms. The molecule has 1 aliphatic heterocycles. The Balaban J connectivity index is 1.73. The molecule has 1 fully saturated rings. The van der Waals surface area contributed by atoms with Gasteiger partial charge in [0.1, 0.15) is 5.00 Å². The van der Waals surface area contributed by atoms with Crippen LogP contribution in [0.4, 0.5) is 5.00 Å². The molecule has 0 aliphatic carbocycles. The van der Waals surface area contributed by atoms with Crippen LogP contribution in [0.3, 0.4) is 0 Å². The van der Waals surface area contributed by atoms with E-state index in [0.29, 0.717) is 48.0 Å². The Kier molecular flexibility index (Phi) is 6.12. The standard InChI is InChI=1S/C24H21N3O3S/c1-16-20(24(29)27-10-12-30-13-11-27)23(31-21(16)18-7-3-2-4-8-18)26-22(28)19-9-5-6-17(14-19)15-25/h2-9,14H,10-13H2,1H3,(H,26,28). The van der Waals surface area contributed by atoms with Crippen LogP contribution in [-0.2, 0) is 4.74 Å². The van der Waals surface area contributed by atoms with Gasteiger partial charge in [0.05, 0.1) is 30.4 Å². The number of hydrogen-bond acceptors (Lipinski definition) is 5. The van der Waals surface area contributed by atoms with Gasteiger partial charge in [0.2, 0.25) is 0 Å². The summed E-state index contributed by atoms with van der Waals surface area (Å²) >= 11 is 1.39. The minimum Gasteiger partial charge on any atom is -0.378 e. The molecule has 0 bridgehead atoms. The summed E-state index contributed by atoms with van der Waals surface area (Å²) in [5.74, 6) is -0.464. The van der Waals surface area contributed by atoms with Crippen molar-refractivity contribution >= 4 is 28.2 Å². The van der Waals surface area contributed by atoms with Gasteiger partial charge in [-0.2, -0.15) is 5.26 Å². The molecule has 0 spiro atoms. The van der Waals surface area contributed by atoms with E-state index in [9.17, 15) is 9.59 Å². The van der Waals surface area contributed by atoms with Crippen molar-refractivity contribution in [3.8, 4) is 16.5 Å². The molecule has 1 aromatic heterocycles. The number of carbonyl (C=O) groups is 2. The lowest BCUT2D eigenvalue weighted by atomic mass is 10.1. The van der Waals surface area contributed by atoms with E-state index in [1.165, 1.54) is 17.4 Å². The molecule has 3 aromatic rings. The highest BCUT2D eigenvalue weighted by Gasteiger charge is 2.28. The molecule has 1 N–H and O–H groups in total. The van der Waals surface area contributed by atoms with Crippen molar-refractivity contribution < 1.29 is 14.3 Å². The van der Waals surface area contributed by atoms with Crippen LogP contribution in [0.2, 0.25) is 0 Å². The molecule has 1 aliphatic rings. The number of morpholine rings is 1. The number of amides is 2. The van der Waals surface area contributed by atoms with Crippen molar-refractivity contribution in [1.29, 1.82) is 5.26 Å². The van der Waals surface area contributed by atoms with Gasteiger partial charge in [-0.25, -0.2) is 0 Å². The predicted octanol–water partition coefficient (Wildman–Crippen LogP) is 4.32. The summed E-state index contributed by atoms with van der Waals surface area (Å²) in [6, 6.07) is 18.4. The summed E-state index contributed by atoms with van der Waals surface area (Å²) in [7, 11) is 0. The molecule has 0 saturated carbocycles. The highest BCUT2D eigenvalue weighted by atomic mass is 32.1. The van der Waals surface area contributed by atoms with Crippen molar-refractivity contribution in [3.05, 3.63) is 76.9 Å². The summed E-state index contributed by atoms with van der Waals surface area (Å²) in [5.41, 5.74) is 3.12. The van der Waals surface area contributed by atoms with Gasteiger partial charge in [0.25, 0.3) is 11.8 Å². The van der Waals surface area contributed by atoms with Gasteiger partial charge in [-0.1, -0.05) is 36.4 Å². The van der Waals surface area contributed by atoms with Crippen LogP contribution in [0.5, 0.6) is 0 Å². The van der Waals surface area contributed by atoms with E-state index in [-0.39, 0.29) is 11.8 Å². The first-order chi connectivity index (χ1) is 15.1. The number of carbonyl (C=O) groups excluding carboxylic acids is 2. The highest BCUT2D eigenvalue weighted by Crippen LogP contribution is 2.40. The fourth-order valence-corrected chi connectivity index (χ4v) is 4.75. The number of nitrogens with one attached hydrogen (secondary N) is 1. The average Bonchev–Trinajstić information content (AvgIpc) is 3.15. The molecule has 2 heterocycles. The zero-order valence-corrected chi connectivity index (χ0v) is 17.9. The molecule has 2 aromatic carbocycles. The summed E-state index contributed by atoms with van der Waals surface area (Å²) in [5, 5.41) is 12.6. The van der Waals surface area contributed by atoms with E-state index in [2.05, 4.69) is 5.32 Å². The maximum atomic E-state index is 13.4. The largest absolute Gasteiger partial charge is 0.378 e. The van der Waals surface area contributed by atoms with E-state index in [4.69, 9.17) is 10.00 Å². The normalized spacial score (nSPS) is 13.5. The van der Waals surface area contributed by atoms with Gasteiger partial charge >= 0.3 is 0 Å². The third kappa shape index (κ3) is 4.36. The average molecular weight is 432 g/mol. The number of benzene rings is 2. The van der Waals surface area contributed by atoms with Crippen LogP contribution >= 0.6 is 11.3 Å². The second kappa shape index (κ2) is 9.13. The van der Waals surface area contributed by atoms with Crippen molar-refractivity contribution in [2.24, 2.45) is 0 Å². The Labute approximate surface area is 184 Å². The van der Waals surface area contributed by atoms with Crippen molar-refractivity contribution in [2.45, 2.75) is 6.92 Å². The Morgan fingerprint density at radius 2 is 1.84 bits per heavy atom. The van der Waals surface area contributed by atoms with Crippen LogP contribution in [-0.4, -0.2) is 43.0 Å². The summed E-state index contributed by atoms with van der Waals surface area (Å²) in [4.78, 5) is 29.0. The Morgan fingerprint density at radius 1 is 1.10 bits per heavy atom. The molecule has 7 heteroatoms. The van der Waals surface area contributed by atoms with Crippen LogP contribution in [0.1, 0.15) is 31.8 Å². The SMILES string of the molecule is Cc1c(-c2ccccc2)sc(NC(=O)c2cccc(C#N)c2)c1C(=O)N1CCOCC1. The van der Waals surface area contributed by atoms with Crippen LogP contribution in [0.15, 0.2) is 54.6 Å². The highest BCUT2D eigenvalue weighted by molar-refractivity contribution is 7.20. The number of ether oxygens (including phenoxy) is 1. The van der Waals surface area contributed by atoms with E-state index in [0.717, 1.165) is 16.0 Å². The maximum absolute atomic E-state index is 13.4. The number of hydrogen-bond donors (Lipinski definition) is 1. The quantitative estimate of drug-likeness (QED) is 0.667. The molecule has 0 radical (unpaired) electrons. The summed E-state index contributed by atoms with van der Waals surface area (Å²) < 4.78 is 5.38. The third-order valence-electron chi connectivity index (χ3n) is 5.18. The van der Waals surface area contributed by atoms with Gasteiger partial charge in [-0.15, -0.1) is 11.3 Å². The predicted molar refractivity (Wildman–Crippen MR) is 120 cm³/mol. The minimum absolute atomic E-state index is 0.111. The van der Waals surface area contributed by atoms with Crippen LogP contribution in [0, 0.1) is 18.3 Å². The van der Waals surface area contributed by atoms with Crippen molar-refractivity contribution in [1.82, 2.24) is 4.90 Å². The first-order valence-electron chi connectivity index (χ1n) is 9.96. The van der Waals surface area contributed by atoms with Crippen molar-refractivity contribution in [2.75, 3.05) is 31.6 Å². The second-order valence-corrected chi connectivity index (χ2v) is 8.20. The molecule has 2 amide bonds. The maximum Gasteiger partial charge on any atom is 0.257 e. The topological polar surface area (TPSA) is 82.4 Å².